The summed E-state index contributed by atoms with van der Waals surface area (Å²) < 4.78 is 0. The summed E-state index contributed by atoms with van der Waals surface area (Å²) in [6.45, 7) is 6.12. The average Bonchev–Trinajstić information content (AvgIpc) is 2.61. The molecule has 2 aromatic carbocycles. The highest BCUT2D eigenvalue weighted by Gasteiger charge is 2.37. The van der Waals surface area contributed by atoms with E-state index in [0.717, 1.165) is 23.1 Å². The second-order valence-corrected chi connectivity index (χ2v) is 7.07. The molecule has 0 saturated heterocycles. The normalized spacial score (nSPS) is 20.1. The van der Waals surface area contributed by atoms with Crippen LogP contribution in [0.4, 0.5) is 0 Å². The van der Waals surface area contributed by atoms with Crippen molar-refractivity contribution >= 4 is 23.6 Å². The maximum Gasteiger partial charge on any atom is 0.267 e. The third kappa shape index (κ3) is 3.29. The monoisotopic (exact) mass is 354 g/mol. The van der Waals surface area contributed by atoms with E-state index in [1.54, 1.807) is 0 Å². The van der Waals surface area contributed by atoms with Gasteiger partial charge in [-0.2, -0.15) is 0 Å². The van der Waals surface area contributed by atoms with Crippen LogP contribution >= 0.6 is 11.6 Å². The van der Waals surface area contributed by atoms with Gasteiger partial charge in [0.1, 0.15) is 5.70 Å². The molecular weight excluding hydrogens is 332 g/mol. The van der Waals surface area contributed by atoms with Gasteiger partial charge in [-0.3, -0.25) is 4.79 Å². The second-order valence-electron chi connectivity index (χ2n) is 6.66. The zero-order valence-corrected chi connectivity index (χ0v) is 15.5. The molecular formula is C21H23ClN2O. The van der Waals surface area contributed by atoms with Crippen LogP contribution < -0.4 is 10.6 Å². The highest BCUT2D eigenvalue weighted by atomic mass is 35.5. The molecule has 25 heavy (non-hydrogen) atoms. The van der Waals surface area contributed by atoms with Gasteiger partial charge in [-0.25, -0.2) is 0 Å². The molecule has 3 rings (SSSR count). The average molecular weight is 355 g/mol. The molecule has 0 saturated carbocycles. The van der Waals surface area contributed by atoms with E-state index in [2.05, 4.69) is 30.5 Å². The zero-order chi connectivity index (χ0) is 18.0. The Balaban J connectivity index is 2.08. The number of benzene rings is 2. The van der Waals surface area contributed by atoms with Gasteiger partial charge in [0.25, 0.3) is 5.91 Å². The maximum atomic E-state index is 12.7. The van der Waals surface area contributed by atoms with Gasteiger partial charge in [-0.05, 0) is 43.5 Å². The summed E-state index contributed by atoms with van der Waals surface area (Å²) in [6, 6.07) is 16.0. The van der Waals surface area contributed by atoms with Gasteiger partial charge in [0, 0.05) is 16.6 Å². The molecule has 2 aromatic rings. The smallest absolute Gasteiger partial charge is 0.267 e. The lowest BCUT2D eigenvalue weighted by Gasteiger charge is -2.38. The fraction of sp³-hybridized carbons (Fsp3) is 0.286. The minimum absolute atomic E-state index is 0.0952. The van der Waals surface area contributed by atoms with Crippen LogP contribution in [0.15, 0.2) is 54.2 Å². The first-order valence-electron chi connectivity index (χ1n) is 8.61. The fourth-order valence-electron chi connectivity index (χ4n) is 3.21. The number of hydrogen-bond acceptors (Lipinski definition) is 2. The van der Waals surface area contributed by atoms with E-state index in [4.69, 9.17) is 11.6 Å². The largest absolute Gasteiger partial charge is 0.367 e. The van der Waals surface area contributed by atoms with E-state index in [0.29, 0.717) is 10.7 Å². The summed E-state index contributed by atoms with van der Waals surface area (Å²) in [7, 11) is 0. The number of fused-ring (bicyclic) bond motifs is 1. The number of carbonyl (C=O) groups is 1. The molecule has 1 amide bonds. The van der Waals surface area contributed by atoms with Crippen LogP contribution in [0.1, 0.15) is 43.9 Å². The minimum atomic E-state index is -0.578. The highest BCUT2D eigenvalue weighted by Crippen LogP contribution is 2.39. The quantitative estimate of drug-likeness (QED) is 0.851. The second kappa shape index (κ2) is 6.93. The van der Waals surface area contributed by atoms with Gasteiger partial charge >= 0.3 is 0 Å². The Bertz CT molecular complexity index is 830. The van der Waals surface area contributed by atoms with Gasteiger partial charge in [0.2, 0.25) is 0 Å². The summed E-state index contributed by atoms with van der Waals surface area (Å²) in [5, 5.41) is 7.14. The van der Waals surface area contributed by atoms with Crippen LogP contribution in [0.5, 0.6) is 0 Å². The van der Waals surface area contributed by atoms with Crippen molar-refractivity contribution in [3.8, 4) is 0 Å². The molecule has 0 spiro atoms. The zero-order valence-electron chi connectivity index (χ0n) is 14.8. The number of nitrogens with one attached hydrogen (secondary N) is 2. The lowest BCUT2D eigenvalue weighted by Crippen LogP contribution is -2.48. The molecule has 3 nitrogen and oxygen atoms in total. The molecule has 0 radical (unpaired) electrons. The molecule has 2 unspecified atom stereocenters. The van der Waals surface area contributed by atoms with Gasteiger partial charge < -0.3 is 10.6 Å². The summed E-state index contributed by atoms with van der Waals surface area (Å²) >= 11 is 6.49. The van der Waals surface area contributed by atoms with E-state index in [9.17, 15) is 4.79 Å². The first-order chi connectivity index (χ1) is 12.0. The molecule has 1 aliphatic rings. The van der Waals surface area contributed by atoms with Crippen molar-refractivity contribution in [2.75, 3.05) is 0 Å². The van der Waals surface area contributed by atoms with E-state index >= 15 is 0 Å². The Kier molecular flexibility index (Phi) is 4.87. The molecule has 2 atom stereocenters. The molecule has 0 aliphatic carbocycles. The predicted molar refractivity (Wildman–Crippen MR) is 103 cm³/mol. The van der Waals surface area contributed by atoms with Crippen LogP contribution in [0, 0.1) is 0 Å². The Morgan fingerprint density at radius 1 is 1.16 bits per heavy atom. The third-order valence-corrected chi connectivity index (χ3v) is 5.16. The van der Waals surface area contributed by atoms with E-state index < -0.39 is 5.54 Å². The molecule has 4 heteroatoms. The van der Waals surface area contributed by atoms with Crippen LogP contribution in [0.2, 0.25) is 5.02 Å². The fourth-order valence-corrected chi connectivity index (χ4v) is 3.54. The first kappa shape index (κ1) is 17.6. The Morgan fingerprint density at radius 3 is 2.48 bits per heavy atom. The molecule has 2 N–H and O–H groups in total. The van der Waals surface area contributed by atoms with Crippen molar-refractivity contribution < 1.29 is 4.79 Å². The summed E-state index contributed by atoms with van der Waals surface area (Å²) in [5.41, 5.74) is 3.06. The van der Waals surface area contributed by atoms with Crippen molar-refractivity contribution in [2.24, 2.45) is 0 Å². The van der Waals surface area contributed by atoms with Crippen LogP contribution in [0.25, 0.3) is 6.08 Å². The van der Waals surface area contributed by atoms with Crippen LogP contribution in [0.3, 0.4) is 0 Å². The van der Waals surface area contributed by atoms with Crippen molar-refractivity contribution in [2.45, 2.75) is 38.8 Å². The number of carbonyl (C=O) groups excluding carboxylic acids is 1. The molecule has 0 aromatic heterocycles. The topological polar surface area (TPSA) is 41.1 Å². The summed E-state index contributed by atoms with van der Waals surface area (Å²) in [4.78, 5) is 12.7. The first-order valence-corrected chi connectivity index (χ1v) is 8.98. The molecule has 0 fully saturated rings. The lowest BCUT2D eigenvalue weighted by atomic mass is 9.79. The predicted octanol–water partition coefficient (Wildman–Crippen LogP) is 4.46. The summed E-state index contributed by atoms with van der Waals surface area (Å²) in [5.74, 6) is -0.0952. The van der Waals surface area contributed by atoms with Crippen molar-refractivity contribution in [1.29, 1.82) is 0 Å². The summed E-state index contributed by atoms with van der Waals surface area (Å²) in [6.07, 6.45) is 2.79. The number of halogens is 1. The van der Waals surface area contributed by atoms with Gasteiger partial charge in [-0.15, -0.1) is 0 Å². The van der Waals surface area contributed by atoms with E-state index in [1.807, 2.05) is 55.5 Å². The number of amides is 1. The number of hydrogen-bond donors (Lipinski definition) is 2. The molecule has 1 aliphatic heterocycles. The molecule has 0 bridgehead atoms. The third-order valence-electron chi connectivity index (χ3n) is 4.83. The van der Waals surface area contributed by atoms with Gasteiger partial charge in [-0.1, -0.05) is 61.0 Å². The Labute approximate surface area is 154 Å². The van der Waals surface area contributed by atoms with E-state index in [-0.39, 0.29) is 11.9 Å². The standard InChI is InChI=1S/C21H23ClN2O/c1-4-14(2)23-20(25)19-13-15-9-5-6-10-16(15)21(3,24-19)17-11-7-8-12-18(17)22/h5-14,24H,4H2,1-3H3,(H,23,25). The van der Waals surface area contributed by atoms with Crippen molar-refractivity contribution in [3.05, 3.63) is 75.9 Å². The van der Waals surface area contributed by atoms with Gasteiger partial charge in [0.15, 0.2) is 0 Å². The highest BCUT2D eigenvalue weighted by molar-refractivity contribution is 6.31. The van der Waals surface area contributed by atoms with Crippen LogP contribution in [-0.2, 0) is 10.3 Å². The molecule has 130 valence electrons. The Hall–Kier alpha value is -2.26. The van der Waals surface area contributed by atoms with Crippen molar-refractivity contribution in [3.63, 3.8) is 0 Å². The number of rotatable bonds is 4. The lowest BCUT2D eigenvalue weighted by molar-refractivity contribution is -0.118. The maximum absolute atomic E-state index is 12.7. The Morgan fingerprint density at radius 2 is 1.80 bits per heavy atom. The van der Waals surface area contributed by atoms with E-state index in [1.165, 1.54) is 0 Å². The van der Waals surface area contributed by atoms with Crippen LogP contribution in [-0.4, -0.2) is 11.9 Å². The van der Waals surface area contributed by atoms with Crippen molar-refractivity contribution in [1.82, 2.24) is 10.6 Å². The van der Waals surface area contributed by atoms with Gasteiger partial charge in [0.05, 0.1) is 5.54 Å². The SMILES string of the molecule is CCC(C)NC(=O)C1=Cc2ccccc2C(C)(c2ccccc2Cl)N1. The minimum Gasteiger partial charge on any atom is -0.367 e. The molecule has 1 heterocycles.